The number of aromatic nitrogens is 4. The van der Waals surface area contributed by atoms with Gasteiger partial charge in [-0.2, -0.15) is 5.10 Å². The number of nitrogens with zero attached hydrogens (tertiary/aromatic N) is 5. The SMILES string of the molecule is COc1ccccc1-c1cc(F)cc2cnc(Nc3cc(C4CCN(C(=O)OC(C)(C)C)CC4)nn3C(C)C)nc12. The number of halogens is 1. The Kier molecular flexibility index (Phi) is 7.84. The molecule has 0 radical (unpaired) electrons. The molecule has 0 saturated carbocycles. The molecule has 2 aromatic heterocycles. The molecule has 0 unspecified atom stereocenters. The number of piperidine rings is 1. The number of fused-ring (bicyclic) bond motifs is 1. The van der Waals surface area contributed by atoms with E-state index in [0.29, 0.717) is 41.3 Å². The molecular weight excluding hydrogens is 523 g/mol. The van der Waals surface area contributed by atoms with Crippen molar-refractivity contribution >= 4 is 28.8 Å². The highest BCUT2D eigenvalue weighted by Gasteiger charge is 2.29. The second kappa shape index (κ2) is 11.3. The van der Waals surface area contributed by atoms with Crippen LogP contribution in [0, 0.1) is 5.82 Å². The van der Waals surface area contributed by atoms with Crippen LogP contribution in [0.5, 0.6) is 5.75 Å². The van der Waals surface area contributed by atoms with Gasteiger partial charge in [0.1, 0.15) is 23.0 Å². The van der Waals surface area contributed by atoms with Gasteiger partial charge in [0.15, 0.2) is 0 Å². The number of ether oxygens (including phenoxy) is 2. The van der Waals surface area contributed by atoms with E-state index < -0.39 is 5.60 Å². The number of methoxy groups -OCH3 is 1. The van der Waals surface area contributed by atoms with Gasteiger partial charge in [-0.3, -0.25) is 0 Å². The van der Waals surface area contributed by atoms with Crippen LogP contribution in [-0.2, 0) is 4.74 Å². The lowest BCUT2D eigenvalue weighted by Gasteiger charge is -2.32. The third-order valence-electron chi connectivity index (χ3n) is 7.09. The molecule has 1 fully saturated rings. The summed E-state index contributed by atoms with van der Waals surface area (Å²) < 4.78 is 27.6. The average Bonchev–Trinajstić information content (AvgIpc) is 3.36. The molecule has 5 rings (SSSR count). The van der Waals surface area contributed by atoms with Gasteiger partial charge in [0.05, 0.1) is 18.3 Å². The van der Waals surface area contributed by atoms with E-state index >= 15 is 0 Å². The minimum absolute atomic E-state index is 0.0896. The van der Waals surface area contributed by atoms with E-state index in [1.54, 1.807) is 18.2 Å². The largest absolute Gasteiger partial charge is 0.496 e. The van der Waals surface area contributed by atoms with Crippen molar-refractivity contribution in [1.82, 2.24) is 24.6 Å². The van der Waals surface area contributed by atoms with Crippen molar-refractivity contribution in [3.63, 3.8) is 0 Å². The average molecular weight is 561 g/mol. The van der Waals surface area contributed by atoms with Crippen molar-refractivity contribution in [2.45, 2.75) is 65.0 Å². The van der Waals surface area contributed by atoms with E-state index in [0.717, 1.165) is 29.9 Å². The summed E-state index contributed by atoms with van der Waals surface area (Å²) in [5.41, 5.74) is 2.42. The zero-order valence-corrected chi connectivity index (χ0v) is 24.4. The number of likely N-dealkylation sites (tertiary alicyclic amines) is 1. The number of carbonyl (C=O) groups is 1. The molecule has 3 heterocycles. The third-order valence-corrected chi connectivity index (χ3v) is 7.09. The van der Waals surface area contributed by atoms with E-state index in [1.807, 2.05) is 55.8 Å². The number of amides is 1. The van der Waals surface area contributed by atoms with Crippen LogP contribution < -0.4 is 10.1 Å². The number of para-hydroxylation sites is 1. The van der Waals surface area contributed by atoms with Crippen molar-refractivity contribution in [1.29, 1.82) is 0 Å². The fourth-order valence-corrected chi connectivity index (χ4v) is 5.14. The number of benzene rings is 2. The Hall–Kier alpha value is -4.21. The predicted octanol–water partition coefficient (Wildman–Crippen LogP) is 7.08. The van der Waals surface area contributed by atoms with Crippen molar-refractivity contribution in [3.05, 3.63) is 60.2 Å². The Labute approximate surface area is 239 Å². The standard InChI is InChI=1S/C31H37FN6O3/c1-19(2)38-27(17-25(36-38)20-11-13-37(14-12-20)30(39)41-31(3,4)5)34-29-33-18-21-15-22(32)16-24(28(21)35-29)23-9-7-8-10-26(23)40-6/h7-10,15-20H,11-14H2,1-6H3,(H,33,34,35). The Morgan fingerprint density at radius 1 is 1.10 bits per heavy atom. The molecule has 0 atom stereocenters. The fourth-order valence-electron chi connectivity index (χ4n) is 5.14. The minimum Gasteiger partial charge on any atom is -0.496 e. The van der Waals surface area contributed by atoms with Gasteiger partial charge in [-0.1, -0.05) is 18.2 Å². The Balaban J connectivity index is 1.41. The van der Waals surface area contributed by atoms with Gasteiger partial charge in [0, 0.05) is 53.8 Å². The van der Waals surface area contributed by atoms with Gasteiger partial charge >= 0.3 is 6.09 Å². The van der Waals surface area contributed by atoms with Crippen LogP contribution in [0.2, 0.25) is 0 Å². The minimum atomic E-state index is -0.516. The first kappa shape index (κ1) is 28.3. The highest BCUT2D eigenvalue weighted by molar-refractivity contribution is 5.95. The maximum absolute atomic E-state index is 14.6. The first-order valence-electron chi connectivity index (χ1n) is 14.0. The summed E-state index contributed by atoms with van der Waals surface area (Å²) in [4.78, 5) is 23.6. The molecule has 216 valence electrons. The molecule has 1 aliphatic heterocycles. The third kappa shape index (κ3) is 6.26. The molecule has 1 N–H and O–H groups in total. The van der Waals surface area contributed by atoms with Crippen LogP contribution in [0.15, 0.2) is 48.7 Å². The van der Waals surface area contributed by atoms with Crippen molar-refractivity contribution < 1.29 is 18.7 Å². The van der Waals surface area contributed by atoms with Gasteiger partial charge in [-0.25, -0.2) is 23.8 Å². The molecule has 1 saturated heterocycles. The highest BCUT2D eigenvalue weighted by Crippen LogP contribution is 2.36. The Morgan fingerprint density at radius 2 is 1.83 bits per heavy atom. The molecule has 0 bridgehead atoms. The molecule has 10 heteroatoms. The van der Waals surface area contributed by atoms with Crippen LogP contribution in [0.25, 0.3) is 22.0 Å². The zero-order valence-electron chi connectivity index (χ0n) is 24.4. The summed E-state index contributed by atoms with van der Waals surface area (Å²) in [6.45, 7) is 11.0. The lowest BCUT2D eigenvalue weighted by atomic mass is 9.94. The van der Waals surface area contributed by atoms with Crippen molar-refractivity contribution in [3.8, 4) is 16.9 Å². The molecule has 0 aliphatic carbocycles. The van der Waals surface area contributed by atoms with Crippen LogP contribution in [0.3, 0.4) is 0 Å². The quantitative estimate of drug-likeness (QED) is 0.269. The predicted molar refractivity (Wildman–Crippen MR) is 157 cm³/mol. The van der Waals surface area contributed by atoms with Crippen LogP contribution in [0.1, 0.15) is 65.1 Å². The summed E-state index contributed by atoms with van der Waals surface area (Å²) in [5.74, 6) is 1.63. The van der Waals surface area contributed by atoms with Crippen LogP contribution in [-0.4, -0.2) is 56.5 Å². The molecule has 2 aromatic carbocycles. The summed E-state index contributed by atoms with van der Waals surface area (Å²) in [5, 5.41) is 8.86. The maximum Gasteiger partial charge on any atom is 0.410 e. The Bertz CT molecular complexity index is 1550. The molecule has 1 aliphatic rings. The van der Waals surface area contributed by atoms with E-state index in [9.17, 15) is 9.18 Å². The van der Waals surface area contributed by atoms with Crippen LogP contribution in [0.4, 0.5) is 21.0 Å². The summed E-state index contributed by atoms with van der Waals surface area (Å²) in [6, 6.07) is 12.5. The number of carbonyl (C=O) groups excluding carboxylic acids is 1. The molecule has 1 amide bonds. The first-order valence-corrected chi connectivity index (χ1v) is 14.0. The molecule has 41 heavy (non-hydrogen) atoms. The van der Waals surface area contributed by atoms with Crippen molar-refractivity contribution in [2.24, 2.45) is 0 Å². The topological polar surface area (TPSA) is 94.4 Å². The number of anilines is 2. The fraction of sp³-hybridized carbons (Fsp3) is 0.419. The monoisotopic (exact) mass is 560 g/mol. The highest BCUT2D eigenvalue weighted by atomic mass is 19.1. The van der Waals surface area contributed by atoms with E-state index in [1.165, 1.54) is 12.1 Å². The lowest BCUT2D eigenvalue weighted by Crippen LogP contribution is -2.41. The summed E-state index contributed by atoms with van der Waals surface area (Å²) in [7, 11) is 1.59. The van der Waals surface area contributed by atoms with E-state index in [2.05, 4.69) is 24.1 Å². The molecule has 9 nitrogen and oxygen atoms in total. The maximum atomic E-state index is 14.6. The van der Waals surface area contributed by atoms with Crippen molar-refractivity contribution in [2.75, 3.05) is 25.5 Å². The smallest absolute Gasteiger partial charge is 0.410 e. The molecular formula is C31H37FN6O3. The van der Waals surface area contributed by atoms with Gasteiger partial charge in [0.2, 0.25) is 5.95 Å². The zero-order chi connectivity index (χ0) is 29.3. The number of hydrogen-bond acceptors (Lipinski definition) is 7. The molecule has 4 aromatic rings. The van der Waals surface area contributed by atoms with E-state index in [4.69, 9.17) is 19.6 Å². The van der Waals surface area contributed by atoms with E-state index in [-0.39, 0.29) is 23.9 Å². The molecule has 0 spiro atoms. The van der Waals surface area contributed by atoms with Crippen LogP contribution >= 0.6 is 0 Å². The first-order chi connectivity index (χ1) is 19.5. The Morgan fingerprint density at radius 3 is 2.51 bits per heavy atom. The second-order valence-corrected chi connectivity index (χ2v) is 11.6. The number of rotatable bonds is 6. The number of nitrogens with one attached hydrogen (secondary N) is 1. The second-order valence-electron chi connectivity index (χ2n) is 11.6. The van der Waals surface area contributed by atoms with Gasteiger partial charge in [0.25, 0.3) is 0 Å². The number of hydrogen-bond donors (Lipinski definition) is 1. The lowest BCUT2D eigenvalue weighted by molar-refractivity contribution is 0.0204. The van der Waals surface area contributed by atoms with Gasteiger partial charge < -0.3 is 19.7 Å². The normalized spacial score (nSPS) is 14.5. The summed E-state index contributed by atoms with van der Waals surface area (Å²) >= 11 is 0. The van der Waals surface area contributed by atoms with Gasteiger partial charge in [-0.05, 0) is 65.7 Å². The van der Waals surface area contributed by atoms with Gasteiger partial charge in [-0.15, -0.1) is 0 Å². The summed E-state index contributed by atoms with van der Waals surface area (Å²) in [6.07, 6.45) is 2.95.